The van der Waals surface area contributed by atoms with Gasteiger partial charge in [-0.25, -0.2) is 14.4 Å². The van der Waals surface area contributed by atoms with E-state index in [9.17, 15) is 27.2 Å². The molecule has 2 N–H and O–H groups in total. The van der Waals surface area contributed by atoms with E-state index in [0.717, 1.165) is 31.9 Å². The Hall–Kier alpha value is -3.12. The molecular weight excluding hydrogens is 530 g/mol. The summed E-state index contributed by atoms with van der Waals surface area (Å²) in [6, 6.07) is 3.65. The van der Waals surface area contributed by atoms with E-state index in [1.54, 1.807) is 0 Å². The number of imide groups is 1. The molecule has 5 rings (SSSR count). The number of hydrogen-bond donors (Lipinski definition) is 2. The zero-order valence-electron chi connectivity index (χ0n) is 22.1. The van der Waals surface area contributed by atoms with Crippen LogP contribution in [0, 0.1) is 17.2 Å². The summed E-state index contributed by atoms with van der Waals surface area (Å²) < 4.78 is 61.0. The number of ether oxygens (including phenoxy) is 1. The highest BCUT2D eigenvalue weighted by molar-refractivity contribution is 6.06. The van der Waals surface area contributed by atoms with Crippen molar-refractivity contribution in [3.05, 3.63) is 42.0 Å². The molecule has 0 radical (unpaired) electrons. The number of piperidine rings is 1. The molecule has 1 atom stereocenters. The minimum Gasteiger partial charge on any atom is -0.463 e. The van der Waals surface area contributed by atoms with Crippen molar-refractivity contribution < 1.29 is 31.9 Å². The number of benzene rings is 1. The van der Waals surface area contributed by atoms with Gasteiger partial charge >= 0.3 is 12.2 Å². The number of hydrogen-bond acceptors (Lipinski definition) is 7. The summed E-state index contributed by atoms with van der Waals surface area (Å²) in [6.07, 6.45) is 2.75. The van der Waals surface area contributed by atoms with Crippen LogP contribution in [-0.2, 0) is 4.79 Å². The Balaban J connectivity index is 1.09. The first-order valence-electron chi connectivity index (χ1n) is 13.8. The first-order chi connectivity index (χ1) is 19.1. The van der Waals surface area contributed by atoms with Gasteiger partial charge in [0, 0.05) is 35.6 Å². The van der Waals surface area contributed by atoms with E-state index in [4.69, 9.17) is 4.74 Å². The van der Waals surface area contributed by atoms with Crippen LogP contribution in [0.3, 0.4) is 0 Å². The van der Waals surface area contributed by atoms with Crippen LogP contribution >= 0.6 is 0 Å². The fourth-order valence-electron chi connectivity index (χ4n) is 5.67. The van der Waals surface area contributed by atoms with Gasteiger partial charge in [0.05, 0.1) is 18.1 Å². The van der Waals surface area contributed by atoms with Crippen LogP contribution in [0.25, 0.3) is 11.1 Å². The van der Waals surface area contributed by atoms with Crippen LogP contribution in [0.1, 0.15) is 55.3 Å². The molecule has 2 aliphatic heterocycles. The predicted octanol–water partition coefficient (Wildman–Crippen LogP) is 4.11. The van der Waals surface area contributed by atoms with Crippen molar-refractivity contribution >= 4 is 11.8 Å². The van der Waals surface area contributed by atoms with Gasteiger partial charge in [0.25, 0.3) is 5.91 Å². The number of likely N-dealkylation sites (tertiary alicyclic amines) is 1. The molecule has 2 amide bonds. The van der Waals surface area contributed by atoms with Gasteiger partial charge in [-0.1, -0.05) is 12.5 Å². The predicted molar refractivity (Wildman–Crippen MR) is 138 cm³/mol. The third kappa shape index (κ3) is 6.27. The molecule has 3 aliphatic rings. The third-order valence-electron chi connectivity index (χ3n) is 8.38. The van der Waals surface area contributed by atoms with Crippen molar-refractivity contribution in [1.82, 2.24) is 25.5 Å². The summed E-state index contributed by atoms with van der Waals surface area (Å²) in [5, 5.41) is 5.31. The van der Waals surface area contributed by atoms with E-state index >= 15 is 0 Å². The fourth-order valence-corrected chi connectivity index (χ4v) is 5.67. The van der Waals surface area contributed by atoms with Crippen molar-refractivity contribution in [2.75, 3.05) is 32.8 Å². The van der Waals surface area contributed by atoms with E-state index in [1.165, 1.54) is 24.5 Å². The number of halogens is 4. The molecule has 0 unspecified atom stereocenters. The zero-order chi connectivity index (χ0) is 28.3. The molecule has 1 aliphatic carbocycles. The number of amides is 2. The summed E-state index contributed by atoms with van der Waals surface area (Å²) in [6.45, 7) is 2.35. The molecular formula is C28H33F4N5O3. The Morgan fingerprint density at radius 1 is 1.10 bits per heavy atom. The largest absolute Gasteiger partial charge is 0.463 e. The molecule has 8 nitrogen and oxygen atoms in total. The molecule has 1 aromatic heterocycles. The maximum absolute atomic E-state index is 14.8. The summed E-state index contributed by atoms with van der Waals surface area (Å²) in [5.41, 5.74) is -0.918. The highest BCUT2D eigenvalue weighted by Crippen LogP contribution is 2.53. The first kappa shape index (κ1) is 28.4. The fraction of sp³-hybridized carbons (Fsp3) is 0.571. The molecule has 2 aromatic rings. The molecule has 40 heavy (non-hydrogen) atoms. The molecule has 216 valence electrons. The number of alkyl halides is 3. The van der Waals surface area contributed by atoms with Gasteiger partial charge in [0.1, 0.15) is 5.82 Å². The Bertz CT molecular complexity index is 1210. The van der Waals surface area contributed by atoms with Crippen LogP contribution in [0.15, 0.2) is 30.6 Å². The maximum atomic E-state index is 14.8. The number of nitrogens with zero attached hydrogens (tertiary/aromatic N) is 3. The second kappa shape index (κ2) is 11.8. The highest BCUT2D eigenvalue weighted by atomic mass is 19.4. The average Bonchev–Trinajstić information content (AvgIpc) is 3.45. The second-order valence-electron chi connectivity index (χ2n) is 11.1. The van der Waals surface area contributed by atoms with Crippen molar-refractivity contribution in [3.63, 3.8) is 0 Å². The Labute approximate surface area is 229 Å². The highest BCUT2D eigenvalue weighted by Gasteiger charge is 2.58. The van der Waals surface area contributed by atoms with Crippen molar-refractivity contribution in [2.45, 2.75) is 57.2 Å². The van der Waals surface area contributed by atoms with Crippen LogP contribution in [-0.4, -0.2) is 71.7 Å². The lowest BCUT2D eigenvalue weighted by molar-refractivity contribution is -0.256. The number of nitrogens with one attached hydrogen (secondary N) is 2. The monoisotopic (exact) mass is 563 g/mol. The molecule has 12 heteroatoms. The van der Waals surface area contributed by atoms with Crippen LogP contribution < -0.4 is 15.4 Å². The van der Waals surface area contributed by atoms with Gasteiger partial charge < -0.3 is 15.0 Å². The minimum atomic E-state index is -4.15. The minimum absolute atomic E-state index is 0.0285. The molecule has 1 aromatic carbocycles. The molecule has 3 fully saturated rings. The Morgan fingerprint density at radius 3 is 2.40 bits per heavy atom. The normalized spacial score (nSPS) is 21.6. The standard InChI is InChI=1S/C28H33F4N5O3/c29-22-13-19(24(38)36-25(39)23-3-1-10-33-23)4-5-21(22)20-14-34-26(35-15-20)40-16-18-6-11-37(12-7-18)17-27(8-2-9-27)28(30,31)32/h4-5,13-15,18,23,33H,1-3,6-12,16-17H2,(H,36,38,39)/t23-/m0/s1. The van der Waals surface area contributed by atoms with E-state index < -0.39 is 35.3 Å². The van der Waals surface area contributed by atoms with E-state index in [-0.39, 0.29) is 42.4 Å². The lowest BCUT2D eigenvalue weighted by Crippen LogP contribution is -2.53. The lowest BCUT2D eigenvalue weighted by atomic mass is 9.67. The first-order valence-corrected chi connectivity index (χ1v) is 13.8. The smallest absolute Gasteiger partial charge is 0.395 e. The zero-order valence-corrected chi connectivity index (χ0v) is 22.1. The van der Waals surface area contributed by atoms with E-state index in [1.807, 2.05) is 4.90 Å². The SMILES string of the molecule is O=C(NC(=O)[C@@H]1CCCN1)c1ccc(-c2cnc(OCC3CCN(CC4(C(F)(F)F)CCC4)CC3)nc2)c(F)c1. The number of aromatic nitrogens is 2. The van der Waals surface area contributed by atoms with Gasteiger partial charge in [-0.15, -0.1) is 0 Å². The molecule has 1 saturated carbocycles. The van der Waals surface area contributed by atoms with Gasteiger partial charge in [0.2, 0.25) is 5.91 Å². The van der Waals surface area contributed by atoms with E-state index in [0.29, 0.717) is 38.1 Å². The number of carbonyl (C=O) groups excluding carboxylic acids is 2. The number of rotatable bonds is 8. The van der Waals surface area contributed by atoms with Crippen molar-refractivity contribution in [2.24, 2.45) is 11.3 Å². The van der Waals surface area contributed by atoms with Crippen LogP contribution in [0.5, 0.6) is 6.01 Å². The summed E-state index contributed by atoms with van der Waals surface area (Å²) in [4.78, 5) is 34.8. The topological polar surface area (TPSA) is 96.5 Å². The number of carbonyl (C=O) groups is 2. The Kier molecular flexibility index (Phi) is 8.37. The molecule has 0 spiro atoms. The van der Waals surface area contributed by atoms with Gasteiger partial charge in [-0.2, -0.15) is 13.2 Å². The lowest BCUT2D eigenvalue weighted by Gasteiger charge is -2.47. The quantitative estimate of drug-likeness (QED) is 0.369. The van der Waals surface area contributed by atoms with Crippen LogP contribution in [0.2, 0.25) is 0 Å². The van der Waals surface area contributed by atoms with Crippen molar-refractivity contribution in [3.8, 4) is 17.1 Å². The van der Waals surface area contributed by atoms with Crippen LogP contribution in [0.4, 0.5) is 17.6 Å². The summed E-state index contributed by atoms with van der Waals surface area (Å²) in [7, 11) is 0. The third-order valence-corrected chi connectivity index (χ3v) is 8.38. The maximum Gasteiger partial charge on any atom is 0.395 e. The van der Waals surface area contributed by atoms with E-state index in [2.05, 4.69) is 20.6 Å². The average molecular weight is 564 g/mol. The molecule has 3 heterocycles. The summed E-state index contributed by atoms with van der Waals surface area (Å²) >= 11 is 0. The second-order valence-corrected chi connectivity index (χ2v) is 11.1. The van der Waals surface area contributed by atoms with Gasteiger partial charge in [-0.05, 0) is 76.2 Å². The summed E-state index contributed by atoms with van der Waals surface area (Å²) in [5.74, 6) is -1.56. The van der Waals surface area contributed by atoms with Gasteiger partial charge in [0.15, 0.2) is 0 Å². The Morgan fingerprint density at radius 2 is 1.82 bits per heavy atom. The molecule has 2 saturated heterocycles. The van der Waals surface area contributed by atoms with Gasteiger partial charge in [-0.3, -0.25) is 14.9 Å². The molecule has 0 bridgehead atoms. The van der Waals surface area contributed by atoms with Crippen molar-refractivity contribution in [1.29, 1.82) is 0 Å².